The fourth-order valence-electron chi connectivity index (χ4n) is 5.17. The molecule has 0 spiro atoms. The average molecular weight is 630 g/mol. The van der Waals surface area contributed by atoms with Gasteiger partial charge in [-0.05, 0) is 48.5 Å². The number of thioether (sulfide) groups is 1. The Kier molecular flexibility index (Phi) is 7.34. The molecule has 14 heteroatoms. The summed E-state index contributed by atoms with van der Waals surface area (Å²) in [7, 11) is 0. The number of carbonyl (C=O) groups excluding carboxylic acids is 3. The third kappa shape index (κ3) is 5.43. The summed E-state index contributed by atoms with van der Waals surface area (Å²) in [5.41, 5.74) is -0.457. The number of hydrogen-bond acceptors (Lipinski definition) is 7. The number of aromatic nitrogens is 1. The van der Waals surface area contributed by atoms with E-state index in [0.29, 0.717) is 21.2 Å². The van der Waals surface area contributed by atoms with Crippen molar-refractivity contribution in [2.45, 2.75) is 22.4 Å². The molecule has 3 aromatic carbocycles. The Hall–Kier alpha value is -4.43. The first-order chi connectivity index (χ1) is 20.5. The number of thiazole rings is 1. The topological polar surface area (TPSA) is 109 Å². The number of H-pyrrole nitrogens is 1. The Morgan fingerprint density at radius 3 is 2.47 bits per heavy atom. The van der Waals surface area contributed by atoms with Crippen LogP contribution in [0.25, 0.3) is 0 Å². The van der Waals surface area contributed by atoms with Crippen LogP contribution in [0.5, 0.6) is 5.75 Å². The first-order valence-corrected chi connectivity index (χ1v) is 14.4. The summed E-state index contributed by atoms with van der Waals surface area (Å²) in [4.78, 5) is 56.0. The third-order valence-corrected chi connectivity index (χ3v) is 9.40. The number of fused-ring (bicyclic) bond motifs is 2. The second-order valence-corrected chi connectivity index (χ2v) is 11.9. The molecule has 3 heterocycles. The number of hydrogen-bond donors (Lipinski definition) is 2. The van der Waals surface area contributed by atoms with Crippen LogP contribution in [0, 0.1) is 11.7 Å². The number of aromatic amines is 1. The van der Waals surface area contributed by atoms with Gasteiger partial charge in [-0.25, -0.2) is 9.29 Å². The number of para-hydroxylation sites is 1. The lowest BCUT2D eigenvalue weighted by Gasteiger charge is -2.30. The van der Waals surface area contributed by atoms with Crippen molar-refractivity contribution in [3.63, 3.8) is 0 Å². The van der Waals surface area contributed by atoms with Gasteiger partial charge in [0.2, 0.25) is 11.8 Å². The van der Waals surface area contributed by atoms with Crippen molar-refractivity contribution in [1.82, 2.24) is 4.98 Å². The van der Waals surface area contributed by atoms with Crippen molar-refractivity contribution in [3.05, 3.63) is 104 Å². The van der Waals surface area contributed by atoms with E-state index in [0.717, 1.165) is 46.2 Å². The molecule has 2 unspecified atom stereocenters. The first-order valence-electron chi connectivity index (χ1n) is 12.7. The van der Waals surface area contributed by atoms with Crippen molar-refractivity contribution in [2.24, 2.45) is 5.92 Å². The second kappa shape index (κ2) is 11.0. The van der Waals surface area contributed by atoms with Crippen LogP contribution in [0.15, 0.2) is 82.6 Å². The molecule has 0 bridgehead atoms. The van der Waals surface area contributed by atoms with Gasteiger partial charge in [0.15, 0.2) is 6.61 Å². The molecule has 0 aliphatic carbocycles. The molecule has 43 heavy (non-hydrogen) atoms. The zero-order valence-corrected chi connectivity index (χ0v) is 23.3. The molecule has 3 atom stereocenters. The summed E-state index contributed by atoms with van der Waals surface area (Å²) < 4.78 is 59.3. The monoisotopic (exact) mass is 629 g/mol. The minimum atomic E-state index is -4.69. The van der Waals surface area contributed by atoms with Gasteiger partial charge in [0.1, 0.15) is 16.8 Å². The van der Waals surface area contributed by atoms with Crippen molar-refractivity contribution in [1.29, 1.82) is 0 Å². The molecule has 3 amide bonds. The van der Waals surface area contributed by atoms with Crippen molar-refractivity contribution >= 4 is 52.2 Å². The van der Waals surface area contributed by atoms with Gasteiger partial charge in [-0.1, -0.05) is 47.4 Å². The second-order valence-electron chi connectivity index (χ2n) is 9.69. The lowest BCUT2D eigenvalue weighted by atomic mass is 9.82. The molecule has 0 radical (unpaired) electrons. The minimum Gasteiger partial charge on any atom is -0.483 e. The van der Waals surface area contributed by atoms with Gasteiger partial charge < -0.3 is 15.0 Å². The van der Waals surface area contributed by atoms with Crippen LogP contribution in [0.1, 0.15) is 21.9 Å². The normalized spacial score (nSPS) is 19.6. The Bertz CT molecular complexity index is 1800. The molecule has 0 saturated carbocycles. The van der Waals surface area contributed by atoms with Gasteiger partial charge in [-0.15, -0.1) is 0 Å². The largest absolute Gasteiger partial charge is 0.483 e. The highest BCUT2D eigenvalue weighted by Crippen LogP contribution is 2.54. The first kappa shape index (κ1) is 28.7. The molecule has 2 aliphatic rings. The average Bonchev–Trinajstić information content (AvgIpc) is 3.47. The molecule has 1 fully saturated rings. The maximum atomic E-state index is 13.9. The Morgan fingerprint density at radius 2 is 1.72 bits per heavy atom. The van der Waals surface area contributed by atoms with E-state index in [4.69, 9.17) is 4.74 Å². The molecule has 2 N–H and O–H groups in total. The highest BCUT2D eigenvalue weighted by Gasteiger charge is 2.57. The summed E-state index contributed by atoms with van der Waals surface area (Å²) in [6, 6.07) is 15.6. The summed E-state index contributed by atoms with van der Waals surface area (Å²) >= 11 is 1.84. The van der Waals surface area contributed by atoms with Gasteiger partial charge in [0, 0.05) is 22.0 Å². The van der Waals surface area contributed by atoms with E-state index >= 15 is 0 Å². The molecule has 8 nitrogen and oxygen atoms in total. The zero-order chi connectivity index (χ0) is 30.5. The molecule has 4 aromatic rings. The third-order valence-electron chi connectivity index (χ3n) is 7.00. The standard InChI is InChI=1S/C29H19F4N3O5S2/c30-15-8-10-16(11-9-15)34-20(37)13-41-19-7-2-1-6-18(19)21-22-24(42-25-23(21)43-28(40)35-25)27(39)36(26(22)38)17-5-3-4-14(12-17)29(31,32)33/h1-12,21-22,24H,13H2,(H,34,37)(H,35,40)/t21-,22?,24?/m1/s1. The van der Waals surface area contributed by atoms with Crippen LogP contribution in [-0.2, 0) is 20.6 Å². The molecular weight excluding hydrogens is 610 g/mol. The number of rotatable bonds is 6. The van der Waals surface area contributed by atoms with Crippen LogP contribution in [0.3, 0.4) is 0 Å². The summed E-state index contributed by atoms with van der Waals surface area (Å²) in [6.07, 6.45) is -4.69. The molecule has 1 aromatic heterocycles. The lowest BCUT2D eigenvalue weighted by molar-refractivity contribution is -0.137. The quantitative estimate of drug-likeness (QED) is 0.218. The van der Waals surface area contributed by atoms with Crippen LogP contribution in [0.4, 0.5) is 28.9 Å². The fraction of sp³-hybridized carbons (Fsp3) is 0.172. The lowest BCUT2D eigenvalue weighted by Crippen LogP contribution is -2.32. The van der Waals surface area contributed by atoms with Crippen molar-refractivity contribution in [2.75, 3.05) is 16.8 Å². The highest BCUT2D eigenvalue weighted by atomic mass is 32.2. The number of halogens is 4. The molecule has 1 saturated heterocycles. The van der Waals surface area contributed by atoms with E-state index in [1.165, 1.54) is 30.3 Å². The fourth-order valence-corrected chi connectivity index (χ4v) is 7.68. The van der Waals surface area contributed by atoms with Gasteiger partial charge in [-0.3, -0.25) is 19.2 Å². The molecular formula is C29H19F4N3O5S2. The van der Waals surface area contributed by atoms with E-state index < -0.39 is 63.8 Å². The Balaban J connectivity index is 1.34. The Labute approximate surface area is 248 Å². The number of alkyl halides is 3. The van der Waals surface area contributed by atoms with Crippen LogP contribution in [0.2, 0.25) is 0 Å². The predicted molar refractivity (Wildman–Crippen MR) is 151 cm³/mol. The van der Waals surface area contributed by atoms with Gasteiger partial charge >= 0.3 is 11.0 Å². The highest BCUT2D eigenvalue weighted by molar-refractivity contribution is 8.00. The maximum Gasteiger partial charge on any atom is 0.416 e. The van der Waals surface area contributed by atoms with Crippen molar-refractivity contribution in [3.8, 4) is 5.75 Å². The summed E-state index contributed by atoms with van der Waals surface area (Å²) in [5.74, 6) is -4.20. The van der Waals surface area contributed by atoms with Gasteiger partial charge in [0.25, 0.3) is 5.91 Å². The van der Waals surface area contributed by atoms with Gasteiger partial charge in [-0.2, -0.15) is 13.2 Å². The van der Waals surface area contributed by atoms with E-state index in [-0.39, 0.29) is 11.4 Å². The number of benzene rings is 3. The smallest absolute Gasteiger partial charge is 0.416 e. The van der Waals surface area contributed by atoms with E-state index in [9.17, 15) is 36.7 Å². The number of amides is 3. The van der Waals surface area contributed by atoms with Gasteiger partial charge in [0.05, 0.1) is 22.2 Å². The predicted octanol–water partition coefficient (Wildman–Crippen LogP) is 5.41. The number of nitrogens with one attached hydrogen (secondary N) is 2. The summed E-state index contributed by atoms with van der Waals surface area (Å²) in [6.45, 7) is -0.455. The number of imide groups is 1. The number of anilines is 2. The SMILES string of the molecule is O=C(COc1ccccc1[C@H]1c2sc(=O)[nH]c2SC2C(=O)N(c3cccc(C(F)(F)F)c3)C(=O)C21)Nc1ccc(F)cc1. The number of nitrogens with zero attached hydrogens (tertiary/aromatic N) is 1. The van der Waals surface area contributed by atoms with E-state index in [1.54, 1.807) is 24.3 Å². The Morgan fingerprint density at radius 1 is 0.977 bits per heavy atom. The van der Waals surface area contributed by atoms with Crippen LogP contribution < -0.4 is 19.8 Å². The molecule has 220 valence electrons. The number of carbonyl (C=O) groups is 3. The maximum absolute atomic E-state index is 13.9. The van der Waals surface area contributed by atoms with Crippen molar-refractivity contribution < 1.29 is 36.7 Å². The number of ether oxygens (including phenoxy) is 1. The van der Waals surface area contributed by atoms with Crippen LogP contribution in [-0.4, -0.2) is 34.6 Å². The molecule has 6 rings (SSSR count). The van der Waals surface area contributed by atoms with Crippen LogP contribution >= 0.6 is 23.1 Å². The molecule has 2 aliphatic heterocycles. The van der Waals surface area contributed by atoms with E-state index in [1.807, 2.05) is 0 Å². The zero-order valence-electron chi connectivity index (χ0n) is 21.7. The van der Waals surface area contributed by atoms with E-state index in [2.05, 4.69) is 10.3 Å². The minimum absolute atomic E-state index is 0.206. The summed E-state index contributed by atoms with van der Waals surface area (Å²) in [5, 5.41) is 1.91.